The Bertz CT molecular complexity index is 243. The molecule has 0 radical (unpaired) electrons. The summed E-state index contributed by atoms with van der Waals surface area (Å²) in [7, 11) is 0. The van der Waals surface area contributed by atoms with E-state index in [1.807, 2.05) is 0 Å². The zero-order valence-corrected chi connectivity index (χ0v) is 14.6. The van der Waals surface area contributed by atoms with Crippen LogP contribution in [0.3, 0.4) is 0 Å². The molecule has 120 valence electrons. The Morgan fingerprint density at radius 2 is 1.00 bits per heavy atom. The number of carbonyl (C=O) groups excluding carboxylic acids is 1. The summed E-state index contributed by atoms with van der Waals surface area (Å²) >= 11 is 0. The average molecular weight is 286 g/mol. The highest BCUT2D eigenvalue weighted by Gasteiger charge is 2.25. The van der Waals surface area contributed by atoms with Crippen LogP contribution in [0.1, 0.15) is 68.2 Å². The highest BCUT2D eigenvalue weighted by Crippen LogP contribution is 2.20. The fourth-order valence-electron chi connectivity index (χ4n) is 2.12. The highest BCUT2D eigenvalue weighted by molar-refractivity contribution is 5.60. The van der Waals surface area contributed by atoms with Gasteiger partial charge in [0.1, 0.15) is 12.2 Å². The summed E-state index contributed by atoms with van der Waals surface area (Å²) in [5, 5.41) is 0. The molecule has 3 nitrogen and oxygen atoms in total. The second-order valence-corrected chi connectivity index (χ2v) is 7.31. The molecule has 20 heavy (non-hydrogen) atoms. The lowest BCUT2D eigenvalue weighted by Gasteiger charge is -2.26. The van der Waals surface area contributed by atoms with E-state index in [2.05, 4.69) is 55.4 Å². The van der Waals surface area contributed by atoms with Crippen molar-refractivity contribution in [1.29, 1.82) is 0 Å². The topological polar surface area (TPSA) is 35.5 Å². The van der Waals surface area contributed by atoms with E-state index in [9.17, 15) is 4.79 Å². The van der Waals surface area contributed by atoms with Crippen LogP contribution in [-0.4, -0.2) is 18.4 Å². The first-order chi connectivity index (χ1) is 9.13. The third-order valence-corrected chi connectivity index (χ3v) is 3.39. The van der Waals surface area contributed by atoms with Gasteiger partial charge in [-0.05, 0) is 36.5 Å². The molecule has 0 N–H and O–H groups in total. The van der Waals surface area contributed by atoms with Crippen LogP contribution in [0.2, 0.25) is 0 Å². The smallest absolute Gasteiger partial charge is 0.431 e. The maximum Gasteiger partial charge on any atom is 0.508 e. The molecule has 0 aromatic rings. The number of hydrogen-bond donors (Lipinski definition) is 0. The molecule has 0 amide bonds. The second kappa shape index (κ2) is 9.25. The van der Waals surface area contributed by atoms with E-state index < -0.39 is 6.16 Å². The van der Waals surface area contributed by atoms with Gasteiger partial charge in [-0.3, -0.25) is 0 Å². The van der Waals surface area contributed by atoms with Gasteiger partial charge < -0.3 is 9.47 Å². The van der Waals surface area contributed by atoms with Crippen LogP contribution in [0.4, 0.5) is 4.79 Å². The minimum Gasteiger partial charge on any atom is -0.431 e. The third-order valence-electron chi connectivity index (χ3n) is 3.39. The molecular formula is C17H34O3. The molecule has 3 heteroatoms. The van der Waals surface area contributed by atoms with Crippen molar-refractivity contribution in [3.63, 3.8) is 0 Å². The Hall–Kier alpha value is -0.730. The lowest BCUT2D eigenvalue weighted by Crippen LogP contribution is -2.30. The van der Waals surface area contributed by atoms with E-state index in [1.54, 1.807) is 0 Å². The summed E-state index contributed by atoms with van der Waals surface area (Å²) in [5.41, 5.74) is 0. The zero-order chi connectivity index (χ0) is 15.9. The monoisotopic (exact) mass is 286 g/mol. The van der Waals surface area contributed by atoms with E-state index in [4.69, 9.17) is 9.47 Å². The van der Waals surface area contributed by atoms with Crippen molar-refractivity contribution in [1.82, 2.24) is 0 Å². The molecule has 0 aliphatic heterocycles. The Balaban J connectivity index is 4.48. The van der Waals surface area contributed by atoms with Crippen LogP contribution >= 0.6 is 0 Å². The maximum atomic E-state index is 12.0. The molecule has 0 saturated carbocycles. The van der Waals surface area contributed by atoms with E-state index in [0.717, 1.165) is 12.8 Å². The highest BCUT2D eigenvalue weighted by atomic mass is 16.7. The van der Waals surface area contributed by atoms with Crippen LogP contribution in [0.15, 0.2) is 0 Å². The molecule has 0 aromatic heterocycles. The van der Waals surface area contributed by atoms with Crippen molar-refractivity contribution < 1.29 is 14.3 Å². The van der Waals surface area contributed by atoms with Crippen LogP contribution < -0.4 is 0 Å². The fraction of sp³-hybridized carbons (Fsp3) is 0.941. The SMILES string of the molecule is CC(C)CC(OC(=O)OC(CC(C)C)C(C)C)C(C)C. The van der Waals surface area contributed by atoms with Crippen LogP contribution in [0, 0.1) is 23.7 Å². The second-order valence-electron chi connectivity index (χ2n) is 7.31. The number of carbonyl (C=O) groups is 1. The summed E-state index contributed by atoms with van der Waals surface area (Å²) in [4.78, 5) is 12.0. The zero-order valence-electron chi connectivity index (χ0n) is 14.6. The van der Waals surface area contributed by atoms with Gasteiger partial charge >= 0.3 is 6.16 Å². The van der Waals surface area contributed by atoms with Crippen molar-refractivity contribution in [2.24, 2.45) is 23.7 Å². The predicted octanol–water partition coefficient (Wildman–Crippen LogP) is 5.28. The molecule has 0 aliphatic rings. The normalized spacial score (nSPS) is 15.0. The van der Waals surface area contributed by atoms with E-state index in [1.165, 1.54) is 0 Å². The summed E-state index contributed by atoms with van der Waals surface area (Å²) in [6.45, 7) is 16.9. The Kier molecular flexibility index (Phi) is 8.91. The number of rotatable bonds is 8. The molecular weight excluding hydrogens is 252 g/mol. The molecule has 0 bridgehead atoms. The Morgan fingerprint density at radius 1 is 0.700 bits per heavy atom. The molecule has 0 heterocycles. The first-order valence-electron chi connectivity index (χ1n) is 8.00. The summed E-state index contributed by atoms with van der Waals surface area (Å²) in [5.74, 6) is 1.64. The minimum absolute atomic E-state index is 0.0608. The quantitative estimate of drug-likeness (QED) is 0.569. The third kappa shape index (κ3) is 8.44. The molecule has 0 aromatic carbocycles. The molecule has 0 rings (SSSR count). The van der Waals surface area contributed by atoms with E-state index >= 15 is 0 Å². The van der Waals surface area contributed by atoms with Gasteiger partial charge in [0.15, 0.2) is 0 Å². The maximum absolute atomic E-state index is 12.0. The van der Waals surface area contributed by atoms with Gasteiger partial charge in [0, 0.05) is 0 Å². The van der Waals surface area contributed by atoms with Crippen molar-refractivity contribution >= 4 is 6.16 Å². The van der Waals surface area contributed by atoms with E-state index in [0.29, 0.717) is 23.7 Å². The molecule has 0 aliphatic carbocycles. The first kappa shape index (κ1) is 19.3. The summed E-state index contributed by atoms with van der Waals surface area (Å²) in [6, 6.07) is 0. The van der Waals surface area contributed by atoms with Crippen LogP contribution in [0.5, 0.6) is 0 Å². The minimum atomic E-state index is -0.510. The van der Waals surface area contributed by atoms with Gasteiger partial charge in [-0.25, -0.2) is 4.79 Å². The van der Waals surface area contributed by atoms with Crippen molar-refractivity contribution in [2.45, 2.75) is 80.4 Å². The van der Waals surface area contributed by atoms with Crippen LogP contribution in [-0.2, 0) is 9.47 Å². The lowest BCUT2D eigenvalue weighted by molar-refractivity contribution is -0.0342. The molecule has 2 atom stereocenters. The summed E-state index contributed by atoms with van der Waals surface area (Å²) < 4.78 is 11.0. The van der Waals surface area contributed by atoms with Crippen molar-refractivity contribution in [2.75, 3.05) is 0 Å². The molecule has 0 spiro atoms. The first-order valence-corrected chi connectivity index (χ1v) is 8.00. The Labute approximate surface area is 125 Å². The molecule has 0 fully saturated rings. The standard InChI is InChI=1S/C17H34O3/c1-11(2)9-15(13(5)6)19-17(18)20-16(14(7)8)10-12(3)4/h11-16H,9-10H2,1-8H3. The fourth-order valence-corrected chi connectivity index (χ4v) is 2.12. The molecule has 2 unspecified atom stereocenters. The van der Waals surface area contributed by atoms with Crippen molar-refractivity contribution in [3.05, 3.63) is 0 Å². The Morgan fingerprint density at radius 3 is 1.20 bits per heavy atom. The number of hydrogen-bond acceptors (Lipinski definition) is 3. The average Bonchev–Trinajstić information content (AvgIpc) is 2.25. The van der Waals surface area contributed by atoms with E-state index in [-0.39, 0.29) is 12.2 Å². The largest absolute Gasteiger partial charge is 0.508 e. The van der Waals surface area contributed by atoms with Gasteiger partial charge in [0.2, 0.25) is 0 Å². The number of ether oxygens (including phenoxy) is 2. The van der Waals surface area contributed by atoms with Crippen LogP contribution in [0.25, 0.3) is 0 Å². The lowest BCUT2D eigenvalue weighted by atomic mass is 9.97. The van der Waals surface area contributed by atoms with Crippen molar-refractivity contribution in [3.8, 4) is 0 Å². The van der Waals surface area contributed by atoms with Gasteiger partial charge in [0.05, 0.1) is 0 Å². The predicted molar refractivity (Wildman–Crippen MR) is 83.7 cm³/mol. The summed E-state index contributed by atoms with van der Waals surface area (Å²) in [6.07, 6.45) is 1.12. The van der Waals surface area contributed by atoms with Gasteiger partial charge in [-0.2, -0.15) is 0 Å². The molecule has 0 saturated heterocycles. The van der Waals surface area contributed by atoms with Gasteiger partial charge in [0.25, 0.3) is 0 Å². The van der Waals surface area contributed by atoms with Gasteiger partial charge in [-0.15, -0.1) is 0 Å². The van der Waals surface area contributed by atoms with Gasteiger partial charge in [-0.1, -0.05) is 55.4 Å².